The quantitative estimate of drug-likeness (QED) is 0.172. The van der Waals surface area contributed by atoms with Crippen molar-refractivity contribution < 1.29 is 28.2 Å². The minimum Gasteiger partial charge on any atom is -0.390 e. The van der Waals surface area contributed by atoms with Crippen LogP contribution in [0.15, 0.2) is 30.3 Å². The van der Waals surface area contributed by atoms with Gasteiger partial charge in [-0.15, -0.1) is 12.3 Å². The summed E-state index contributed by atoms with van der Waals surface area (Å²) in [5.41, 5.74) is 0.815. The average Bonchev–Trinajstić information content (AvgIpc) is 2.97. The summed E-state index contributed by atoms with van der Waals surface area (Å²) in [4.78, 5) is 29.2. The summed E-state index contributed by atoms with van der Waals surface area (Å²) in [6.45, 7) is 4.26. The Morgan fingerprint density at radius 3 is 2.30 bits per heavy atom. The Morgan fingerprint density at radius 1 is 1.05 bits per heavy atom. The van der Waals surface area contributed by atoms with Crippen molar-refractivity contribution in [1.29, 1.82) is 0 Å². The van der Waals surface area contributed by atoms with E-state index in [4.69, 9.17) is 6.42 Å². The summed E-state index contributed by atoms with van der Waals surface area (Å²) < 4.78 is 26.0. The van der Waals surface area contributed by atoms with E-state index in [1.165, 1.54) is 6.42 Å². The Labute approximate surface area is 265 Å². The average molecular weight is 634 g/mol. The van der Waals surface area contributed by atoms with Crippen LogP contribution in [0.1, 0.15) is 77.2 Å². The van der Waals surface area contributed by atoms with Crippen molar-refractivity contribution in [2.45, 2.75) is 102 Å². The molecule has 0 bridgehead atoms. The lowest BCUT2D eigenvalue weighted by atomic mass is 9.82. The summed E-state index contributed by atoms with van der Waals surface area (Å²) in [7, 11) is 0.00425. The van der Waals surface area contributed by atoms with Crippen LogP contribution in [-0.2, 0) is 25.8 Å². The molecule has 0 unspecified atom stereocenters. The van der Waals surface area contributed by atoms with Gasteiger partial charge in [-0.05, 0) is 57.2 Å². The molecule has 1 fully saturated rings. The summed E-state index contributed by atoms with van der Waals surface area (Å²) >= 11 is 0. The highest BCUT2D eigenvalue weighted by atomic mass is 32.2. The number of terminal acetylenes is 1. The molecule has 1 aliphatic carbocycles. The minimum atomic E-state index is -3.58. The standard InChI is InChI=1S/C34H55N3O6S/c1-6-7-18-29(34(41)36-30(23-27-16-12-9-13-17-27)32(39)31(38)21-25(2)3)35-33(40)28(22-26-14-10-8-11-15-26)24-44(42,43)20-19-37(4)5/h1,8,10-11,14-15,25,27-32,38-39H,7,9,12-13,16-24H2,2-5H3,(H,35,40)(H,36,41)/t28-,29+,30+,31+,32-/m1/s1. The molecule has 1 aliphatic rings. The fourth-order valence-corrected chi connectivity index (χ4v) is 7.56. The summed E-state index contributed by atoms with van der Waals surface area (Å²) in [6, 6.07) is 7.48. The zero-order valence-corrected chi connectivity index (χ0v) is 27.9. The van der Waals surface area contributed by atoms with Crippen LogP contribution in [0, 0.1) is 30.1 Å². The van der Waals surface area contributed by atoms with E-state index in [0.717, 1.165) is 31.2 Å². The Kier molecular flexibility index (Phi) is 16.4. The Hall–Kier alpha value is -2.45. The number of hydrogen-bond donors (Lipinski definition) is 4. The van der Waals surface area contributed by atoms with Crippen molar-refractivity contribution in [2.75, 3.05) is 32.1 Å². The van der Waals surface area contributed by atoms with Gasteiger partial charge in [0.25, 0.3) is 0 Å². The first-order valence-electron chi connectivity index (χ1n) is 16.1. The summed E-state index contributed by atoms with van der Waals surface area (Å²) in [6.07, 6.45) is 10.2. The van der Waals surface area contributed by atoms with Gasteiger partial charge in [0, 0.05) is 13.0 Å². The molecule has 0 aliphatic heterocycles. The van der Waals surface area contributed by atoms with E-state index in [9.17, 15) is 28.2 Å². The lowest BCUT2D eigenvalue weighted by Crippen LogP contribution is -2.56. The number of hydrogen-bond acceptors (Lipinski definition) is 7. The molecule has 248 valence electrons. The second-order valence-electron chi connectivity index (χ2n) is 13.2. The number of carbonyl (C=O) groups excluding carboxylic acids is 2. The maximum atomic E-state index is 13.7. The van der Waals surface area contributed by atoms with Crippen LogP contribution in [0.2, 0.25) is 0 Å². The molecule has 2 rings (SSSR count). The van der Waals surface area contributed by atoms with Crippen molar-refractivity contribution in [1.82, 2.24) is 15.5 Å². The van der Waals surface area contributed by atoms with Crippen molar-refractivity contribution >= 4 is 21.7 Å². The van der Waals surface area contributed by atoms with Gasteiger partial charge in [0.2, 0.25) is 11.8 Å². The van der Waals surface area contributed by atoms with Gasteiger partial charge < -0.3 is 25.7 Å². The molecule has 9 nitrogen and oxygen atoms in total. The normalized spacial score (nSPS) is 17.8. The minimum absolute atomic E-state index is 0.0843. The maximum absolute atomic E-state index is 13.7. The lowest BCUT2D eigenvalue weighted by molar-refractivity contribution is -0.132. The number of nitrogens with one attached hydrogen (secondary N) is 2. The molecule has 0 radical (unpaired) electrons. The molecule has 1 aromatic rings. The molecule has 5 atom stereocenters. The monoisotopic (exact) mass is 633 g/mol. The Bertz CT molecular complexity index is 1150. The highest BCUT2D eigenvalue weighted by molar-refractivity contribution is 7.91. The summed E-state index contributed by atoms with van der Waals surface area (Å²) in [5, 5.41) is 27.7. The second-order valence-corrected chi connectivity index (χ2v) is 15.4. The van der Waals surface area contributed by atoms with Gasteiger partial charge in [-0.2, -0.15) is 0 Å². The van der Waals surface area contributed by atoms with Crippen molar-refractivity contribution in [2.24, 2.45) is 17.8 Å². The maximum Gasteiger partial charge on any atom is 0.242 e. The number of benzene rings is 1. The Balaban J connectivity index is 2.27. The summed E-state index contributed by atoms with van der Waals surface area (Å²) in [5.74, 6) is 0.604. The predicted octanol–water partition coefficient (Wildman–Crippen LogP) is 2.94. The van der Waals surface area contributed by atoms with Crippen molar-refractivity contribution in [3.63, 3.8) is 0 Å². The number of amides is 2. The third kappa shape index (κ3) is 14.1. The van der Waals surface area contributed by atoms with Crippen LogP contribution >= 0.6 is 0 Å². The number of aliphatic hydroxyl groups is 2. The van der Waals surface area contributed by atoms with Gasteiger partial charge in [0.1, 0.15) is 12.1 Å². The van der Waals surface area contributed by atoms with Gasteiger partial charge in [0.15, 0.2) is 9.84 Å². The molecule has 0 saturated heterocycles. The fraction of sp³-hybridized carbons (Fsp3) is 0.706. The van der Waals surface area contributed by atoms with Crippen LogP contribution in [-0.4, -0.2) is 91.8 Å². The fourth-order valence-electron chi connectivity index (χ4n) is 5.86. The highest BCUT2D eigenvalue weighted by Gasteiger charge is 2.34. The third-order valence-electron chi connectivity index (χ3n) is 8.37. The van der Waals surface area contributed by atoms with Crippen molar-refractivity contribution in [3.05, 3.63) is 35.9 Å². The van der Waals surface area contributed by atoms with Gasteiger partial charge >= 0.3 is 0 Å². The SMILES string of the molecule is C#CCC[C@H](NC(=O)[C@H](Cc1ccccc1)CS(=O)(=O)CCN(C)C)C(=O)N[C@@H](CC1CCCCC1)[C@@H](O)[C@@H](O)CC(C)C. The largest absolute Gasteiger partial charge is 0.390 e. The molecule has 0 aromatic heterocycles. The van der Waals surface area contributed by atoms with Crippen LogP contribution in [0.25, 0.3) is 0 Å². The molecule has 10 heteroatoms. The lowest BCUT2D eigenvalue weighted by Gasteiger charge is -2.33. The van der Waals surface area contributed by atoms with Gasteiger partial charge in [-0.1, -0.05) is 76.3 Å². The Morgan fingerprint density at radius 2 is 1.70 bits per heavy atom. The van der Waals surface area contributed by atoms with E-state index >= 15 is 0 Å². The second kappa shape index (κ2) is 19.2. The van der Waals surface area contributed by atoms with Crippen LogP contribution in [0.4, 0.5) is 0 Å². The van der Waals surface area contributed by atoms with Gasteiger partial charge in [-0.25, -0.2) is 8.42 Å². The van der Waals surface area contributed by atoms with E-state index in [2.05, 4.69) is 16.6 Å². The van der Waals surface area contributed by atoms with E-state index in [-0.39, 0.29) is 36.7 Å². The molecule has 0 spiro atoms. The number of aliphatic hydroxyl groups excluding tert-OH is 2. The first-order chi connectivity index (χ1) is 20.8. The van der Waals surface area contributed by atoms with Gasteiger partial charge in [0.05, 0.1) is 29.6 Å². The van der Waals surface area contributed by atoms with Crippen LogP contribution in [0.5, 0.6) is 0 Å². The number of rotatable bonds is 19. The number of nitrogens with zero attached hydrogens (tertiary/aromatic N) is 1. The number of carbonyl (C=O) groups is 2. The zero-order valence-electron chi connectivity index (χ0n) is 27.1. The molecule has 0 heterocycles. The van der Waals surface area contributed by atoms with E-state index < -0.39 is 51.9 Å². The smallest absolute Gasteiger partial charge is 0.242 e. The van der Waals surface area contributed by atoms with E-state index in [1.807, 2.05) is 44.2 Å². The highest BCUT2D eigenvalue weighted by Crippen LogP contribution is 2.29. The molecular weight excluding hydrogens is 578 g/mol. The molecule has 4 N–H and O–H groups in total. The zero-order chi connectivity index (χ0) is 32.7. The van der Waals surface area contributed by atoms with Crippen molar-refractivity contribution in [3.8, 4) is 12.3 Å². The first kappa shape index (κ1) is 37.7. The van der Waals surface area contributed by atoms with Gasteiger partial charge in [-0.3, -0.25) is 9.59 Å². The van der Waals surface area contributed by atoms with Crippen LogP contribution < -0.4 is 10.6 Å². The van der Waals surface area contributed by atoms with E-state index in [1.54, 1.807) is 19.0 Å². The third-order valence-corrected chi connectivity index (χ3v) is 10.1. The number of sulfone groups is 1. The first-order valence-corrected chi connectivity index (χ1v) is 17.9. The van der Waals surface area contributed by atoms with Crippen LogP contribution in [0.3, 0.4) is 0 Å². The van der Waals surface area contributed by atoms with E-state index in [0.29, 0.717) is 25.3 Å². The molecule has 1 saturated carbocycles. The molecule has 44 heavy (non-hydrogen) atoms. The molecule has 1 aromatic carbocycles. The molecule has 2 amide bonds. The topological polar surface area (TPSA) is 136 Å². The predicted molar refractivity (Wildman–Crippen MR) is 175 cm³/mol. The molecular formula is C34H55N3O6S.